The van der Waals surface area contributed by atoms with Crippen molar-refractivity contribution >= 4 is 28.5 Å². The van der Waals surface area contributed by atoms with E-state index >= 15 is 0 Å². The Morgan fingerprint density at radius 2 is 1.30 bits per heavy atom. The van der Waals surface area contributed by atoms with Gasteiger partial charge in [-0.2, -0.15) is 0 Å². The molecule has 0 unspecified atom stereocenters. The minimum absolute atomic E-state index is 0.0341. The van der Waals surface area contributed by atoms with Gasteiger partial charge in [0.1, 0.15) is 0 Å². The molecule has 0 radical (unpaired) electrons. The molecule has 3 aliphatic carbocycles. The minimum Gasteiger partial charge on any atom is -0.423 e. The lowest BCUT2D eigenvalue weighted by atomic mass is 9.59. The second-order valence-corrected chi connectivity index (χ2v) is 9.62. The molecule has 2 N–H and O–H groups in total. The average molecular weight is 425 g/mol. The van der Waals surface area contributed by atoms with E-state index in [0.29, 0.717) is 17.3 Å². The van der Waals surface area contributed by atoms with Crippen molar-refractivity contribution in [2.75, 3.05) is 0 Å². The zero-order valence-corrected chi connectivity index (χ0v) is 17.2. The second kappa shape index (κ2) is 6.75. The summed E-state index contributed by atoms with van der Waals surface area (Å²) >= 11 is 3.74. The van der Waals surface area contributed by atoms with Gasteiger partial charge in [-0.05, 0) is 77.4 Å². The Kier molecular flexibility index (Phi) is 4.49. The predicted octanol–water partition coefficient (Wildman–Crippen LogP) is 4.78. The molecule has 0 aromatic heterocycles. The number of benzene rings is 2. The summed E-state index contributed by atoms with van der Waals surface area (Å²) in [6.45, 7) is 0. The highest BCUT2D eigenvalue weighted by Crippen LogP contribution is 2.62. The van der Waals surface area contributed by atoms with E-state index in [9.17, 15) is 10.0 Å². The fourth-order valence-corrected chi connectivity index (χ4v) is 6.87. The summed E-state index contributed by atoms with van der Waals surface area (Å²) in [6.07, 6.45) is 10.4. The molecule has 0 amide bonds. The first-order valence-corrected chi connectivity index (χ1v) is 11.2. The molecule has 0 aliphatic heterocycles. The summed E-state index contributed by atoms with van der Waals surface area (Å²) in [6, 6.07) is 12.9. The van der Waals surface area contributed by atoms with Crippen LogP contribution < -0.4 is 5.46 Å². The van der Waals surface area contributed by atoms with Crippen LogP contribution in [0.25, 0.3) is 11.1 Å². The molecule has 0 saturated heterocycles. The molecule has 2 saturated carbocycles. The summed E-state index contributed by atoms with van der Waals surface area (Å²) in [7, 11) is -1.41. The highest BCUT2D eigenvalue weighted by molar-refractivity contribution is 9.10. The van der Waals surface area contributed by atoms with Crippen LogP contribution >= 0.6 is 15.9 Å². The number of rotatable bonds is 3. The van der Waals surface area contributed by atoms with E-state index < -0.39 is 7.12 Å². The Labute approximate surface area is 170 Å². The number of hydrogen-bond acceptors (Lipinski definition) is 2. The Balaban J connectivity index is 1.82. The van der Waals surface area contributed by atoms with Gasteiger partial charge in [-0.15, -0.1) is 0 Å². The lowest BCUT2D eigenvalue weighted by Crippen LogP contribution is -2.41. The molecule has 2 aromatic rings. The van der Waals surface area contributed by atoms with E-state index in [-0.39, 0.29) is 5.41 Å². The van der Waals surface area contributed by atoms with Crippen molar-refractivity contribution in [1.29, 1.82) is 0 Å². The number of fused-ring (bicyclic) bond motifs is 3. The molecule has 0 atom stereocenters. The van der Waals surface area contributed by atoms with Gasteiger partial charge in [-0.1, -0.05) is 65.9 Å². The zero-order valence-electron chi connectivity index (χ0n) is 15.6. The van der Waals surface area contributed by atoms with Crippen molar-refractivity contribution in [3.63, 3.8) is 0 Å². The van der Waals surface area contributed by atoms with E-state index in [1.807, 2.05) is 6.07 Å². The van der Waals surface area contributed by atoms with Crippen LogP contribution in [0.3, 0.4) is 0 Å². The van der Waals surface area contributed by atoms with Crippen LogP contribution in [0.2, 0.25) is 0 Å². The van der Waals surface area contributed by atoms with E-state index in [4.69, 9.17) is 0 Å². The van der Waals surface area contributed by atoms with Crippen molar-refractivity contribution < 1.29 is 10.0 Å². The summed E-state index contributed by atoms with van der Waals surface area (Å²) in [5.41, 5.74) is 6.16. The van der Waals surface area contributed by atoms with Gasteiger partial charge in [-0.3, -0.25) is 0 Å². The first-order chi connectivity index (χ1) is 13.1. The van der Waals surface area contributed by atoms with E-state index in [0.717, 1.165) is 4.47 Å². The van der Waals surface area contributed by atoms with Crippen LogP contribution in [-0.4, -0.2) is 17.2 Å². The number of hydrogen-bond donors (Lipinski definition) is 2. The average Bonchev–Trinajstić information content (AvgIpc) is 3.40. The SMILES string of the molecule is OB(O)c1ccc2c(c1)C(C1CCCC1)(C1CCCC1)c1cc(Br)ccc1-2. The summed E-state index contributed by atoms with van der Waals surface area (Å²) < 4.78 is 1.15. The third kappa shape index (κ3) is 2.60. The quantitative estimate of drug-likeness (QED) is 0.696. The third-order valence-corrected chi connectivity index (χ3v) is 8.00. The molecule has 3 aliphatic rings. The normalized spacial score (nSPS) is 21.4. The Bertz CT molecular complexity index is 851. The molecule has 2 aromatic carbocycles. The van der Waals surface area contributed by atoms with Crippen molar-refractivity contribution in [2.45, 2.75) is 56.8 Å². The van der Waals surface area contributed by atoms with Crippen LogP contribution in [0.15, 0.2) is 40.9 Å². The van der Waals surface area contributed by atoms with Crippen LogP contribution in [-0.2, 0) is 5.41 Å². The summed E-state index contributed by atoms with van der Waals surface area (Å²) in [5.74, 6) is 1.31. The second-order valence-electron chi connectivity index (χ2n) is 8.70. The molecule has 140 valence electrons. The molecule has 0 heterocycles. The molecular formula is C23H26BBrO2. The van der Waals surface area contributed by atoms with Gasteiger partial charge in [0, 0.05) is 9.89 Å². The predicted molar refractivity (Wildman–Crippen MR) is 114 cm³/mol. The summed E-state index contributed by atoms with van der Waals surface area (Å²) in [5, 5.41) is 19.7. The summed E-state index contributed by atoms with van der Waals surface area (Å²) in [4.78, 5) is 0. The first-order valence-electron chi connectivity index (χ1n) is 10.4. The highest BCUT2D eigenvalue weighted by atomic mass is 79.9. The highest BCUT2D eigenvalue weighted by Gasteiger charge is 2.54. The molecule has 27 heavy (non-hydrogen) atoms. The van der Waals surface area contributed by atoms with Gasteiger partial charge in [0.2, 0.25) is 0 Å². The van der Waals surface area contributed by atoms with Gasteiger partial charge >= 0.3 is 7.12 Å². The smallest absolute Gasteiger partial charge is 0.423 e. The third-order valence-electron chi connectivity index (χ3n) is 7.50. The molecule has 4 heteroatoms. The van der Waals surface area contributed by atoms with Gasteiger partial charge in [0.05, 0.1) is 0 Å². The van der Waals surface area contributed by atoms with Crippen LogP contribution in [0, 0.1) is 11.8 Å². The standard InChI is InChI=1S/C23H26BBrO2/c25-18-10-12-20-19-11-9-17(24(26)27)13-21(19)23(22(20)14-18,15-5-1-2-6-15)16-7-3-4-8-16/h9-16,26-27H,1-8H2. The maximum Gasteiger partial charge on any atom is 0.488 e. The lowest BCUT2D eigenvalue weighted by Gasteiger charge is -2.43. The topological polar surface area (TPSA) is 40.5 Å². The fourth-order valence-electron chi connectivity index (χ4n) is 6.51. The van der Waals surface area contributed by atoms with Crippen LogP contribution in [0.5, 0.6) is 0 Å². The van der Waals surface area contributed by atoms with E-state index in [1.165, 1.54) is 73.6 Å². The van der Waals surface area contributed by atoms with Gasteiger partial charge in [-0.25, -0.2) is 0 Å². The fraction of sp³-hybridized carbons (Fsp3) is 0.478. The van der Waals surface area contributed by atoms with Gasteiger partial charge in [0.15, 0.2) is 0 Å². The molecule has 5 rings (SSSR count). The maximum atomic E-state index is 9.86. The Hall–Kier alpha value is -1.10. The zero-order chi connectivity index (χ0) is 18.6. The van der Waals surface area contributed by atoms with Crippen molar-refractivity contribution in [3.05, 3.63) is 52.0 Å². The van der Waals surface area contributed by atoms with Crippen molar-refractivity contribution in [1.82, 2.24) is 0 Å². The molecule has 2 nitrogen and oxygen atoms in total. The molecule has 2 fully saturated rings. The van der Waals surface area contributed by atoms with Gasteiger partial charge in [0.25, 0.3) is 0 Å². The van der Waals surface area contributed by atoms with E-state index in [2.05, 4.69) is 46.3 Å². The minimum atomic E-state index is -1.41. The molecule has 0 spiro atoms. The molecule has 0 bridgehead atoms. The van der Waals surface area contributed by atoms with Crippen LogP contribution in [0.1, 0.15) is 62.5 Å². The molecular weight excluding hydrogens is 399 g/mol. The maximum absolute atomic E-state index is 9.86. The monoisotopic (exact) mass is 424 g/mol. The largest absolute Gasteiger partial charge is 0.488 e. The van der Waals surface area contributed by atoms with Gasteiger partial charge < -0.3 is 10.0 Å². The lowest BCUT2D eigenvalue weighted by molar-refractivity contribution is 0.223. The number of halogens is 1. The van der Waals surface area contributed by atoms with Crippen molar-refractivity contribution in [3.8, 4) is 11.1 Å². The van der Waals surface area contributed by atoms with Crippen LogP contribution in [0.4, 0.5) is 0 Å². The van der Waals surface area contributed by atoms with E-state index in [1.54, 1.807) is 0 Å². The first kappa shape index (κ1) is 18.0. The Morgan fingerprint density at radius 3 is 1.85 bits per heavy atom. The van der Waals surface area contributed by atoms with Crippen molar-refractivity contribution in [2.24, 2.45) is 11.8 Å². The Morgan fingerprint density at radius 1 is 0.778 bits per heavy atom.